The number of halogens is 3. The molecule has 2 rings (SSSR count). The largest absolute Gasteiger partial charge is 0.339 e. The van der Waals surface area contributed by atoms with Gasteiger partial charge in [0, 0.05) is 38.6 Å². The first-order valence-corrected chi connectivity index (χ1v) is 7.59. The van der Waals surface area contributed by atoms with Crippen LogP contribution in [0.25, 0.3) is 0 Å². The highest BCUT2D eigenvalue weighted by Crippen LogP contribution is 2.15. The number of alkyl halides is 2. The lowest BCUT2D eigenvalue weighted by Crippen LogP contribution is -2.53. The van der Waals surface area contributed by atoms with Gasteiger partial charge in [-0.2, -0.15) is 8.78 Å². The van der Waals surface area contributed by atoms with E-state index in [0.717, 1.165) is 11.0 Å². The molecule has 1 saturated heterocycles. The summed E-state index contributed by atoms with van der Waals surface area (Å²) in [6, 6.07) is -0.436. The second kappa shape index (κ2) is 9.14. The number of imidazole rings is 1. The van der Waals surface area contributed by atoms with Crippen LogP contribution >= 0.6 is 12.4 Å². The molecule has 1 aliphatic rings. The van der Waals surface area contributed by atoms with Crippen LogP contribution in [-0.4, -0.2) is 57.5 Å². The fourth-order valence-electron chi connectivity index (χ4n) is 2.64. The Hall–Kier alpha value is -1.25. The minimum atomic E-state index is -2.58. The summed E-state index contributed by atoms with van der Waals surface area (Å²) in [5.74, 6) is 0.327. The number of hydrogen-bond donors (Lipinski definition) is 1. The molecule has 9 heteroatoms. The molecule has 2 heterocycles. The van der Waals surface area contributed by atoms with E-state index in [4.69, 9.17) is 5.73 Å². The van der Waals surface area contributed by atoms with Gasteiger partial charge in [0.1, 0.15) is 5.82 Å². The summed E-state index contributed by atoms with van der Waals surface area (Å²) >= 11 is 0. The number of rotatable bonds is 6. The van der Waals surface area contributed by atoms with Crippen molar-refractivity contribution in [2.75, 3.05) is 26.2 Å². The molecule has 0 aliphatic carbocycles. The number of aromatic nitrogens is 2. The maximum atomic E-state index is 12.8. The van der Waals surface area contributed by atoms with Gasteiger partial charge in [-0.15, -0.1) is 12.4 Å². The van der Waals surface area contributed by atoms with Gasteiger partial charge in [0.15, 0.2) is 0 Å². The molecule has 0 bridgehead atoms. The van der Waals surface area contributed by atoms with Gasteiger partial charge >= 0.3 is 6.55 Å². The molecule has 23 heavy (non-hydrogen) atoms. The Kier molecular flexibility index (Phi) is 7.87. The SMILES string of the molecule is CCCC(N)C(=O)N1CCN(Cc2nccn2C(F)F)CC1.Cl. The standard InChI is InChI=1S/C14H23F2N5O.ClH/c1-2-3-11(17)13(22)20-8-6-19(7-9-20)10-12-18-4-5-21(12)14(15)16;/h4-5,11,14H,2-3,6-10,17H2,1H3;1H. The Morgan fingerprint density at radius 1 is 1.35 bits per heavy atom. The highest BCUT2D eigenvalue weighted by Gasteiger charge is 2.25. The minimum absolute atomic E-state index is 0. The van der Waals surface area contributed by atoms with Crippen molar-refractivity contribution < 1.29 is 13.6 Å². The molecule has 1 aromatic heterocycles. The molecule has 0 aromatic carbocycles. The van der Waals surface area contributed by atoms with Crippen LogP contribution in [0, 0.1) is 0 Å². The van der Waals surface area contributed by atoms with E-state index >= 15 is 0 Å². The number of nitrogens with zero attached hydrogens (tertiary/aromatic N) is 4. The van der Waals surface area contributed by atoms with Gasteiger partial charge in [0.25, 0.3) is 0 Å². The van der Waals surface area contributed by atoms with Crippen molar-refractivity contribution in [2.24, 2.45) is 5.73 Å². The molecule has 1 aliphatic heterocycles. The summed E-state index contributed by atoms with van der Waals surface area (Å²) in [7, 11) is 0. The molecule has 1 fully saturated rings. The summed E-state index contributed by atoms with van der Waals surface area (Å²) in [4.78, 5) is 19.9. The van der Waals surface area contributed by atoms with E-state index in [2.05, 4.69) is 4.98 Å². The summed E-state index contributed by atoms with van der Waals surface area (Å²) in [6.45, 7) is 2.21. The molecule has 2 N–H and O–H groups in total. The number of carbonyl (C=O) groups is 1. The molecule has 6 nitrogen and oxygen atoms in total. The van der Waals surface area contributed by atoms with E-state index in [1.807, 2.05) is 11.8 Å². The van der Waals surface area contributed by atoms with Gasteiger partial charge in [-0.25, -0.2) is 4.98 Å². The van der Waals surface area contributed by atoms with Crippen molar-refractivity contribution in [3.8, 4) is 0 Å². The Balaban J connectivity index is 0.00000264. The third kappa shape index (κ3) is 5.12. The van der Waals surface area contributed by atoms with Crippen LogP contribution in [0.5, 0.6) is 0 Å². The molecule has 132 valence electrons. The number of hydrogen-bond acceptors (Lipinski definition) is 4. The molecule has 0 saturated carbocycles. The number of carbonyl (C=O) groups excluding carboxylic acids is 1. The van der Waals surface area contributed by atoms with Crippen LogP contribution in [0.15, 0.2) is 12.4 Å². The van der Waals surface area contributed by atoms with Gasteiger partial charge in [0.05, 0.1) is 12.6 Å². The molecular weight excluding hydrogens is 328 g/mol. The summed E-state index contributed by atoms with van der Waals surface area (Å²) in [5, 5.41) is 0. The van der Waals surface area contributed by atoms with Crippen molar-refractivity contribution in [3.63, 3.8) is 0 Å². The molecule has 0 spiro atoms. The summed E-state index contributed by atoms with van der Waals surface area (Å²) in [5.41, 5.74) is 5.85. The van der Waals surface area contributed by atoms with E-state index in [1.165, 1.54) is 12.4 Å². The average Bonchev–Trinajstić information content (AvgIpc) is 2.96. The highest BCUT2D eigenvalue weighted by molar-refractivity contribution is 5.85. The number of piperazine rings is 1. The zero-order valence-electron chi connectivity index (χ0n) is 13.2. The Bertz CT molecular complexity index is 491. The normalized spacial score (nSPS) is 17.2. The maximum Gasteiger partial charge on any atom is 0.319 e. The maximum absolute atomic E-state index is 12.8. The summed E-state index contributed by atoms with van der Waals surface area (Å²) in [6.07, 6.45) is 4.22. The third-order valence-electron chi connectivity index (χ3n) is 3.93. The van der Waals surface area contributed by atoms with Crippen LogP contribution < -0.4 is 5.73 Å². The monoisotopic (exact) mass is 351 g/mol. The topological polar surface area (TPSA) is 67.4 Å². The highest BCUT2D eigenvalue weighted by atomic mass is 35.5. The number of amides is 1. The van der Waals surface area contributed by atoms with Crippen LogP contribution in [0.1, 0.15) is 32.1 Å². The Morgan fingerprint density at radius 3 is 2.57 bits per heavy atom. The average molecular weight is 352 g/mol. The van der Waals surface area contributed by atoms with Crippen LogP contribution in [0.4, 0.5) is 8.78 Å². The van der Waals surface area contributed by atoms with Gasteiger partial charge in [-0.3, -0.25) is 14.3 Å². The van der Waals surface area contributed by atoms with Crippen LogP contribution in [0.2, 0.25) is 0 Å². The number of nitrogens with two attached hydrogens (primary N) is 1. The smallest absolute Gasteiger partial charge is 0.319 e. The Labute approximate surface area is 141 Å². The van der Waals surface area contributed by atoms with Crippen molar-refractivity contribution in [2.45, 2.75) is 38.9 Å². The lowest BCUT2D eigenvalue weighted by atomic mass is 10.1. The minimum Gasteiger partial charge on any atom is -0.339 e. The first-order valence-electron chi connectivity index (χ1n) is 7.59. The fourth-order valence-corrected chi connectivity index (χ4v) is 2.64. The van der Waals surface area contributed by atoms with E-state index in [1.54, 1.807) is 4.90 Å². The zero-order chi connectivity index (χ0) is 16.1. The quantitative estimate of drug-likeness (QED) is 0.842. The van der Waals surface area contributed by atoms with E-state index in [-0.39, 0.29) is 18.3 Å². The molecule has 1 aromatic rings. The molecule has 0 radical (unpaired) electrons. The van der Waals surface area contributed by atoms with Crippen LogP contribution in [-0.2, 0) is 11.3 Å². The first-order chi connectivity index (χ1) is 10.5. The van der Waals surface area contributed by atoms with Gasteiger partial charge in [-0.05, 0) is 6.42 Å². The fraction of sp³-hybridized carbons (Fsp3) is 0.714. The van der Waals surface area contributed by atoms with Crippen molar-refractivity contribution in [1.82, 2.24) is 19.4 Å². The zero-order valence-corrected chi connectivity index (χ0v) is 14.0. The summed E-state index contributed by atoms with van der Waals surface area (Å²) < 4.78 is 26.4. The van der Waals surface area contributed by atoms with Crippen LogP contribution in [0.3, 0.4) is 0 Å². The second-order valence-corrected chi connectivity index (χ2v) is 5.53. The van der Waals surface area contributed by atoms with Crippen molar-refractivity contribution >= 4 is 18.3 Å². The van der Waals surface area contributed by atoms with Gasteiger partial charge < -0.3 is 10.6 Å². The third-order valence-corrected chi connectivity index (χ3v) is 3.93. The van der Waals surface area contributed by atoms with Crippen molar-refractivity contribution in [1.29, 1.82) is 0 Å². The van der Waals surface area contributed by atoms with Gasteiger partial charge in [-0.1, -0.05) is 13.3 Å². The predicted molar refractivity (Wildman–Crippen MR) is 85.5 cm³/mol. The first kappa shape index (κ1) is 19.8. The molecule has 1 unspecified atom stereocenters. The molecular formula is C14H24ClF2N5O. The van der Waals surface area contributed by atoms with Gasteiger partial charge in [0.2, 0.25) is 5.91 Å². The van der Waals surface area contributed by atoms with E-state index < -0.39 is 12.6 Å². The lowest BCUT2D eigenvalue weighted by molar-refractivity contribution is -0.134. The second-order valence-electron chi connectivity index (χ2n) is 5.53. The van der Waals surface area contributed by atoms with E-state index in [0.29, 0.717) is 45.0 Å². The lowest BCUT2D eigenvalue weighted by Gasteiger charge is -2.35. The van der Waals surface area contributed by atoms with E-state index in [9.17, 15) is 13.6 Å². The predicted octanol–water partition coefficient (Wildman–Crippen LogP) is 1.47. The molecule has 1 amide bonds. The van der Waals surface area contributed by atoms with Crippen molar-refractivity contribution in [3.05, 3.63) is 18.2 Å². The molecule has 1 atom stereocenters. The Morgan fingerprint density at radius 2 is 2.00 bits per heavy atom.